The van der Waals surface area contributed by atoms with Gasteiger partial charge in [-0.3, -0.25) is 4.98 Å². The van der Waals surface area contributed by atoms with Crippen LogP contribution in [0, 0.1) is 5.92 Å². The summed E-state index contributed by atoms with van der Waals surface area (Å²) < 4.78 is 4.98. The van der Waals surface area contributed by atoms with Crippen LogP contribution < -0.4 is 15.4 Å². The van der Waals surface area contributed by atoms with Crippen LogP contribution in [0.1, 0.15) is 6.92 Å². The Balaban J connectivity index is 2.43. The monoisotopic (exact) mass is 210 g/mol. The first kappa shape index (κ1) is 11.7. The molecule has 15 heavy (non-hydrogen) atoms. The number of anilines is 1. The zero-order valence-electron chi connectivity index (χ0n) is 9.45. The Labute approximate surface area is 90.3 Å². The summed E-state index contributed by atoms with van der Waals surface area (Å²) in [7, 11) is 3.53. The molecule has 5 nitrogen and oxygen atoms in total. The van der Waals surface area contributed by atoms with Crippen molar-refractivity contribution in [2.45, 2.75) is 6.92 Å². The SMILES string of the molecule is CNCC(C)CNc1cncc(OC)n1. The molecule has 1 atom stereocenters. The fraction of sp³-hybridized carbons (Fsp3) is 0.600. The van der Waals surface area contributed by atoms with Crippen molar-refractivity contribution < 1.29 is 4.74 Å². The molecule has 1 heterocycles. The maximum atomic E-state index is 4.98. The molecule has 0 saturated carbocycles. The van der Waals surface area contributed by atoms with Crippen molar-refractivity contribution in [1.82, 2.24) is 15.3 Å². The van der Waals surface area contributed by atoms with Crippen LogP contribution in [-0.4, -0.2) is 37.2 Å². The van der Waals surface area contributed by atoms with Crippen LogP contribution in [0.3, 0.4) is 0 Å². The van der Waals surface area contributed by atoms with E-state index in [1.54, 1.807) is 19.5 Å². The standard InChI is InChI=1S/C10H18N4O/c1-8(4-11-2)5-13-9-6-12-7-10(14-9)15-3/h6-8,11H,4-5H2,1-3H3,(H,13,14). The highest BCUT2D eigenvalue weighted by molar-refractivity contribution is 5.33. The Hall–Kier alpha value is -1.36. The fourth-order valence-electron chi connectivity index (χ4n) is 1.23. The van der Waals surface area contributed by atoms with E-state index in [0.717, 1.165) is 18.9 Å². The Bertz CT molecular complexity index is 293. The van der Waals surface area contributed by atoms with Crippen LogP contribution in [0.5, 0.6) is 5.88 Å². The molecule has 0 aliphatic rings. The van der Waals surface area contributed by atoms with Gasteiger partial charge in [0.05, 0.1) is 19.5 Å². The highest BCUT2D eigenvalue weighted by atomic mass is 16.5. The van der Waals surface area contributed by atoms with Crippen molar-refractivity contribution >= 4 is 5.82 Å². The third-order valence-corrected chi connectivity index (χ3v) is 2.01. The average molecular weight is 210 g/mol. The second-order valence-electron chi connectivity index (χ2n) is 3.49. The summed E-state index contributed by atoms with van der Waals surface area (Å²) in [4.78, 5) is 8.22. The minimum atomic E-state index is 0.529. The second kappa shape index (κ2) is 6.19. The van der Waals surface area contributed by atoms with Gasteiger partial charge in [0.2, 0.25) is 5.88 Å². The summed E-state index contributed by atoms with van der Waals surface area (Å²) in [5.74, 6) is 1.82. The summed E-state index contributed by atoms with van der Waals surface area (Å²) in [6.45, 7) is 4.00. The van der Waals surface area contributed by atoms with E-state index in [1.807, 2.05) is 7.05 Å². The van der Waals surface area contributed by atoms with E-state index >= 15 is 0 Å². The van der Waals surface area contributed by atoms with Crippen LogP contribution in [0.15, 0.2) is 12.4 Å². The van der Waals surface area contributed by atoms with E-state index in [1.165, 1.54) is 0 Å². The molecule has 1 aromatic rings. The molecule has 0 aliphatic carbocycles. The lowest BCUT2D eigenvalue weighted by Crippen LogP contribution is -2.23. The highest BCUT2D eigenvalue weighted by Gasteiger charge is 2.02. The lowest BCUT2D eigenvalue weighted by atomic mass is 10.2. The van der Waals surface area contributed by atoms with E-state index in [-0.39, 0.29) is 0 Å². The Morgan fingerprint density at radius 2 is 2.20 bits per heavy atom. The summed E-state index contributed by atoms with van der Waals surface area (Å²) in [6.07, 6.45) is 3.27. The zero-order chi connectivity index (χ0) is 11.1. The Kier molecular flexibility index (Phi) is 4.83. The number of nitrogens with one attached hydrogen (secondary N) is 2. The lowest BCUT2D eigenvalue weighted by molar-refractivity contribution is 0.396. The first-order valence-electron chi connectivity index (χ1n) is 5.00. The third kappa shape index (κ3) is 4.12. The number of methoxy groups -OCH3 is 1. The topological polar surface area (TPSA) is 59.1 Å². The normalized spacial score (nSPS) is 12.2. The zero-order valence-corrected chi connectivity index (χ0v) is 9.45. The van der Waals surface area contributed by atoms with E-state index in [0.29, 0.717) is 11.8 Å². The van der Waals surface area contributed by atoms with Crippen LogP contribution in [0.25, 0.3) is 0 Å². The fourth-order valence-corrected chi connectivity index (χ4v) is 1.23. The molecule has 0 saturated heterocycles. The minimum absolute atomic E-state index is 0.529. The smallest absolute Gasteiger partial charge is 0.233 e. The maximum Gasteiger partial charge on any atom is 0.233 e. The number of hydrogen-bond acceptors (Lipinski definition) is 5. The van der Waals surface area contributed by atoms with Gasteiger partial charge in [-0.05, 0) is 19.5 Å². The summed E-state index contributed by atoms with van der Waals surface area (Å²) in [6, 6.07) is 0. The van der Waals surface area contributed by atoms with Gasteiger partial charge in [0.1, 0.15) is 5.82 Å². The van der Waals surface area contributed by atoms with Crippen molar-refractivity contribution in [3.8, 4) is 5.88 Å². The van der Waals surface area contributed by atoms with Gasteiger partial charge in [0.15, 0.2) is 0 Å². The molecule has 0 bridgehead atoms. The summed E-state index contributed by atoms with van der Waals surface area (Å²) in [5.41, 5.74) is 0. The van der Waals surface area contributed by atoms with Gasteiger partial charge in [-0.15, -0.1) is 0 Å². The van der Waals surface area contributed by atoms with E-state index in [9.17, 15) is 0 Å². The van der Waals surface area contributed by atoms with Gasteiger partial charge in [0.25, 0.3) is 0 Å². The molecule has 0 aromatic carbocycles. The van der Waals surface area contributed by atoms with Crippen molar-refractivity contribution in [3.05, 3.63) is 12.4 Å². The third-order valence-electron chi connectivity index (χ3n) is 2.01. The largest absolute Gasteiger partial charge is 0.480 e. The van der Waals surface area contributed by atoms with Crippen molar-refractivity contribution in [2.75, 3.05) is 32.6 Å². The number of ether oxygens (including phenoxy) is 1. The number of rotatable bonds is 6. The van der Waals surface area contributed by atoms with Crippen LogP contribution in [0.2, 0.25) is 0 Å². The van der Waals surface area contributed by atoms with Gasteiger partial charge in [-0.2, -0.15) is 4.98 Å². The molecule has 84 valence electrons. The van der Waals surface area contributed by atoms with Crippen molar-refractivity contribution in [2.24, 2.45) is 5.92 Å². The quantitative estimate of drug-likeness (QED) is 0.725. The summed E-state index contributed by atoms with van der Waals surface area (Å²) >= 11 is 0. The molecule has 5 heteroatoms. The van der Waals surface area contributed by atoms with Gasteiger partial charge < -0.3 is 15.4 Å². The van der Waals surface area contributed by atoms with Gasteiger partial charge in [0, 0.05) is 6.54 Å². The van der Waals surface area contributed by atoms with Gasteiger partial charge >= 0.3 is 0 Å². The molecule has 0 spiro atoms. The molecule has 1 unspecified atom stereocenters. The minimum Gasteiger partial charge on any atom is -0.480 e. The predicted molar refractivity (Wildman–Crippen MR) is 60.2 cm³/mol. The first-order chi connectivity index (χ1) is 7.26. The molecular formula is C10H18N4O. The van der Waals surface area contributed by atoms with Crippen molar-refractivity contribution in [3.63, 3.8) is 0 Å². The van der Waals surface area contributed by atoms with Crippen molar-refractivity contribution in [1.29, 1.82) is 0 Å². The second-order valence-corrected chi connectivity index (χ2v) is 3.49. The number of nitrogens with zero attached hydrogens (tertiary/aromatic N) is 2. The lowest BCUT2D eigenvalue weighted by Gasteiger charge is -2.12. The molecule has 0 aliphatic heterocycles. The highest BCUT2D eigenvalue weighted by Crippen LogP contribution is 2.08. The predicted octanol–water partition coefficient (Wildman–Crippen LogP) is 0.753. The molecule has 0 radical (unpaired) electrons. The molecular weight excluding hydrogens is 192 g/mol. The van der Waals surface area contributed by atoms with E-state index in [2.05, 4.69) is 27.5 Å². The molecule has 0 fully saturated rings. The average Bonchev–Trinajstić information content (AvgIpc) is 2.27. The maximum absolute atomic E-state index is 4.98. The first-order valence-corrected chi connectivity index (χ1v) is 5.00. The van der Waals surface area contributed by atoms with Crippen LogP contribution >= 0.6 is 0 Å². The van der Waals surface area contributed by atoms with E-state index in [4.69, 9.17) is 4.74 Å². The molecule has 2 N–H and O–H groups in total. The van der Waals surface area contributed by atoms with Gasteiger partial charge in [-0.1, -0.05) is 6.92 Å². The summed E-state index contributed by atoms with van der Waals surface area (Å²) in [5, 5.41) is 6.34. The van der Waals surface area contributed by atoms with Crippen LogP contribution in [0.4, 0.5) is 5.82 Å². The van der Waals surface area contributed by atoms with E-state index < -0.39 is 0 Å². The molecule has 1 rings (SSSR count). The number of aromatic nitrogens is 2. The Morgan fingerprint density at radius 1 is 1.40 bits per heavy atom. The molecule has 0 amide bonds. The molecule has 1 aromatic heterocycles. The van der Waals surface area contributed by atoms with Crippen LogP contribution in [-0.2, 0) is 0 Å². The Morgan fingerprint density at radius 3 is 2.87 bits per heavy atom. The van der Waals surface area contributed by atoms with Gasteiger partial charge in [-0.25, -0.2) is 0 Å². The number of hydrogen-bond donors (Lipinski definition) is 2.